The molecule has 4 unspecified atom stereocenters. The van der Waals surface area contributed by atoms with Crippen LogP contribution in [0.5, 0.6) is 0 Å². The molecule has 0 spiro atoms. The van der Waals surface area contributed by atoms with E-state index in [1.54, 1.807) is 30.3 Å². The highest BCUT2D eigenvalue weighted by Crippen LogP contribution is 2.05. The molecule has 0 saturated heterocycles. The Morgan fingerprint density at radius 1 is 0.941 bits per heavy atom. The number of hydrogen-bond donors (Lipinski definition) is 7. The number of carboxylic acid groups (broad SMARTS) is 2. The van der Waals surface area contributed by atoms with Gasteiger partial charge in [0.05, 0.1) is 12.5 Å². The molecule has 188 valence electrons. The van der Waals surface area contributed by atoms with Crippen LogP contribution in [0.1, 0.15) is 18.4 Å². The highest BCUT2D eigenvalue weighted by Gasteiger charge is 2.31. The smallest absolute Gasteiger partial charge is 0.326 e. The molecule has 0 aliphatic heterocycles. The van der Waals surface area contributed by atoms with Crippen molar-refractivity contribution in [2.75, 3.05) is 17.8 Å². The zero-order valence-corrected chi connectivity index (χ0v) is 20.3. The number of nitrogens with one attached hydrogen (secondary N) is 3. The van der Waals surface area contributed by atoms with Gasteiger partial charge >= 0.3 is 11.9 Å². The summed E-state index contributed by atoms with van der Waals surface area (Å²) in [6, 6.07) is 3.58. The second-order valence-corrected chi connectivity index (χ2v) is 8.73. The Kier molecular flexibility index (Phi) is 13.1. The van der Waals surface area contributed by atoms with Gasteiger partial charge < -0.3 is 31.9 Å². The zero-order chi connectivity index (χ0) is 25.7. The van der Waals surface area contributed by atoms with E-state index in [0.717, 1.165) is 0 Å². The maximum absolute atomic E-state index is 12.7. The lowest BCUT2D eigenvalue weighted by Crippen LogP contribution is -2.58. The molecule has 4 atom stereocenters. The molecule has 0 heterocycles. The van der Waals surface area contributed by atoms with Crippen molar-refractivity contribution in [2.24, 2.45) is 5.73 Å². The Hall–Kier alpha value is -2.77. The minimum absolute atomic E-state index is 0.0428. The van der Waals surface area contributed by atoms with Gasteiger partial charge in [0.2, 0.25) is 17.7 Å². The van der Waals surface area contributed by atoms with Gasteiger partial charge in [0.1, 0.15) is 18.1 Å². The van der Waals surface area contributed by atoms with Crippen LogP contribution >= 0.6 is 24.4 Å². The first-order valence-electron chi connectivity index (χ1n) is 10.3. The quantitative estimate of drug-likeness (QED) is 0.148. The van der Waals surface area contributed by atoms with E-state index in [0.29, 0.717) is 17.7 Å². The highest BCUT2D eigenvalue weighted by molar-refractivity contribution is 7.98. The van der Waals surface area contributed by atoms with Gasteiger partial charge in [0.15, 0.2) is 0 Å². The number of thioether (sulfide) groups is 1. The first-order chi connectivity index (χ1) is 16.1. The van der Waals surface area contributed by atoms with Crippen molar-refractivity contribution < 1.29 is 34.2 Å². The van der Waals surface area contributed by atoms with Crippen LogP contribution in [0.15, 0.2) is 30.3 Å². The molecular formula is C21H30N4O7S2. The molecule has 13 heteroatoms. The van der Waals surface area contributed by atoms with Crippen molar-refractivity contribution in [1.29, 1.82) is 0 Å². The molecule has 0 fully saturated rings. The van der Waals surface area contributed by atoms with Crippen molar-refractivity contribution in [2.45, 2.75) is 43.4 Å². The summed E-state index contributed by atoms with van der Waals surface area (Å²) in [5.74, 6) is -4.63. The van der Waals surface area contributed by atoms with Gasteiger partial charge in [0.25, 0.3) is 0 Å². The molecule has 7 N–H and O–H groups in total. The lowest BCUT2D eigenvalue weighted by molar-refractivity contribution is -0.143. The molecule has 0 aromatic heterocycles. The molecule has 0 aliphatic rings. The molecule has 1 rings (SSSR count). The van der Waals surface area contributed by atoms with E-state index in [1.807, 2.05) is 6.26 Å². The number of rotatable bonds is 15. The molecule has 11 nitrogen and oxygen atoms in total. The molecule has 3 amide bonds. The fourth-order valence-corrected chi connectivity index (χ4v) is 3.57. The Labute approximate surface area is 207 Å². The van der Waals surface area contributed by atoms with Crippen LogP contribution in [0.2, 0.25) is 0 Å². The average Bonchev–Trinajstić information content (AvgIpc) is 2.79. The number of aliphatic carboxylic acids is 2. The zero-order valence-electron chi connectivity index (χ0n) is 18.6. The van der Waals surface area contributed by atoms with Gasteiger partial charge in [-0.2, -0.15) is 24.4 Å². The summed E-state index contributed by atoms with van der Waals surface area (Å²) in [5.41, 5.74) is 6.43. The Morgan fingerprint density at radius 2 is 1.50 bits per heavy atom. The van der Waals surface area contributed by atoms with Gasteiger partial charge in [0, 0.05) is 12.2 Å². The fourth-order valence-electron chi connectivity index (χ4n) is 2.83. The first kappa shape index (κ1) is 29.3. The molecule has 1 aromatic carbocycles. The highest BCUT2D eigenvalue weighted by atomic mass is 32.2. The lowest BCUT2D eigenvalue weighted by atomic mass is 10.0. The Balaban J connectivity index is 2.88. The molecule has 0 radical (unpaired) electrons. The van der Waals surface area contributed by atoms with E-state index in [2.05, 4.69) is 28.6 Å². The third kappa shape index (κ3) is 10.4. The number of carboxylic acids is 2. The van der Waals surface area contributed by atoms with Crippen molar-refractivity contribution in [1.82, 2.24) is 16.0 Å². The summed E-state index contributed by atoms with van der Waals surface area (Å²) >= 11 is 5.54. The van der Waals surface area contributed by atoms with Gasteiger partial charge in [-0.05, 0) is 24.0 Å². The molecule has 0 saturated carbocycles. The van der Waals surface area contributed by atoms with E-state index >= 15 is 0 Å². The van der Waals surface area contributed by atoms with E-state index in [9.17, 15) is 29.1 Å². The summed E-state index contributed by atoms with van der Waals surface area (Å²) in [7, 11) is 0. The normalized spacial score (nSPS) is 14.2. The van der Waals surface area contributed by atoms with Crippen LogP contribution in [0.25, 0.3) is 0 Å². The maximum Gasteiger partial charge on any atom is 0.326 e. The fraction of sp³-hybridized carbons (Fsp3) is 0.476. The van der Waals surface area contributed by atoms with Crippen LogP contribution < -0.4 is 21.7 Å². The van der Waals surface area contributed by atoms with E-state index in [1.165, 1.54) is 11.8 Å². The topological polar surface area (TPSA) is 188 Å². The molecule has 1 aromatic rings. The van der Waals surface area contributed by atoms with E-state index < -0.39 is 60.2 Å². The molecule has 0 bridgehead atoms. The summed E-state index contributed by atoms with van der Waals surface area (Å²) in [4.78, 5) is 60.5. The molecule has 34 heavy (non-hydrogen) atoms. The second-order valence-electron chi connectivity index (χ2n) is 7.38. The van der Waals surface area contributed by atoms with Crippen LogP contribution in [-0.2, 0) is 30.4 Å². The van der Waals surface area contributed by atoms with E-state index in [4.69, 9.17) is 10.8 Å². The third-order valence-electron chi connectivity index (χ3n) is 4.69. The van der Waals surface area contributed by atoms with Gasteiger partial charge in [-0.15, -0.1) is 0 Å². The molecular weight excluding hydrogens is 484 g/mol. The minimum Gasteiger partial charge on any atom is -0.481 e. The first-order valence-corrected chi connectivity index (χ1v) is 12.4. The Morgan fingerprint density at radius 3 is 2.03 bits per heavy atom. The number of carbonyl (C=O) groups excluding carboxylic acids is 3. The van der Waals surface area contributed by atoms with Crippen molar-refractivity contribution in [3.8, 4) is 0 Å². The van der Waals surface area contributed by atoms with Gasteiger partial charge in [-0.25, -0.2) is 4.79 Å². The molecule has 0 aliphatic carbocycles. The number of amides is 3. The van der Waals surface area contributed by atoms with Crippen LogP contribution in [0.4, 0.5) is 0 Å². The summed E-state index contributed by atoms with van der Waals surface area (Å²) in [5, 5.41) is 25.6. The summed E-state index contributed by atoms with van der Waals surface area (Å²) < 4.78 is 0. The predicted octanol–water partition coefficient (Wildman–Crippen LogP) is -0.747. The maximum atomic E-state index is 12.7. The van der Waals surface area contributed by atoms with Crippen LogP contribution in [0.3, 0.4) is 0 Å². The monoisotopic (exact) mass is 514 g/mol. The van der Waals surface area contributed by atoms with Crippen molar-refractivity contribution >= 4 is 54.1 Å². The van der Waals surface area contributed by atoms with E-state index in [-0.39, 0.29) is 12.2 Å². The number of nitrogens with two attached hydrogens (primary N) is 1. The Bertz CT molecular complexity index is 857. The number of thiol groups is 1. The van der Waals surface area contributed by atoms with Crippen LogP contribution in [0, 0.1) is 0 Å². The van der Waals surface area contributed by atoms with Gasteiger partial charge in [-0.1, -0.05) is 30.3 Å². The number of carbonyl (C=O) groups is 5. The standard InChI is InChI=1S/C21H30N4O7S2/c1-34-8-7-13(22)18(28)25-16(11-33)20(30)23-14(10-17(26)27)19(29)24-15(21(31)32)9-12-5-3-2-4-6-12/h2-6,13-16,33H,7-11,22H2,1H3,(H,23,30)(H,24,29)(H,25,28)(H,26,27)(H,31,32). The summed E-state index contributed by atoms with van der Waals surface area (Å²) in [6.45, 7) is 0. The SMILES string of the molecule is CSCCC(N)C(=O)NC(CS)C(=O)NC(CC(=O)O)C(=O)NC(Cc1ccccc1)C(=O)O. The average molecular weight is 515 g/mol. The second kappa shape index (κ2) is 15.2. The van der Waals surface area contributed by atoms with Gasteiger partial charge in [-0.3, -0.25) is 19.2 Å². The third-order valence-corrected chi connectivity index (χ3v) is 5.70. The van der Waals surface area contributed by atoms with Crippen LogP contribution in [-0.4, -0.2) is 81.8 Å². The number of benzene rings is 1. The largest absolute Gasteiger partial charge is 0.481 e. The summed E-state index contributed by atoms with van der Waals surface area (Å²) in [6.07, 6.45) is 1.40. The number of hydrogen-bond acceptors (Lipinski definition) is 8. The van der Waals surface area contributed by atoms with Crippen molar-refractivity contribution in [3.05, 3.63) is 35.9 Å². The predicted molar refractivity (Wildman–Crippen MR) is 131 cm³/mol. The lowest BCUT2D eigenvalue weighted by Gasteiger charge is -2.24. The minimum atomic E-state index is -1.58. The van der Waals surface area contributed by atoms with Crippen molar-refractivity contribution in [3.63, 3.8) is 0 Å².